The molecule has 1 aliphatic carbocycles. The SMILES string of the molecule is C[N+](C)(C)CCC(=O)Nc1cccc2c1C(=O)c1cccc(NC(=O)CC[N+](C)(C)C)c1C2=O.[I-].[I-]. The number of quaternary nitrogens is 2. The van der Waals surface area contributed by atoms with Crippen LogP contribution in [0.4, 0.5) is 11.4 Å². The second-order valence-corrected chi connectivity index (χ2v) is 10.7. The third-order valence-electron chi connectivity index (χ3n) is 5.64. The van der Waals surface area contributed by atoms with Crippen molar-refractivity contribution < 1.29 is 76.1 Å². The molecular weight excluding hydrogens is 686 g/mol. The predicted molar refractivity (Wildman–Crippen MR) is 132 cm³/mol. The van der Waals surface area contributed by atoms with Crippen LogP contribution in [0.3, 0.4) is 0 Å². The van der Waals surface area contributed by atoms with Crippen LogP contribution in [0.15, 0.2) is 36.4 Å². The Hall–Kier alpha value is -1.90. The van der Waals surface area contributed by atoms with Gasteiger partial charge >= 0.3 is 0 Å². The smallest absolute Gasteiger partial charge is 0.230 e. The number of nitrogens with zero attached hydrogens (tertiary/aromatic N) is 2. The van der Waals surface area contributed by atoms with Crippen LogP contribution in [0, 0.1) is 0 Å². The molecule has 3 rings (SSSR count). The number of nitrogens with one attached hydrogen (secondary N) is 2. The summed E-state index contributed by atoms with van der Waals surface area (Å²) in [6.07, 6.45) is 0.574. The molecule has 0 atom stereocenters. The van der Waals surface area contributed by atoms with Gasteiger partial charge in [0, 0.05) is 11.1 Å². The molecule has 2 aromatic rings. The first-order chi connectivity index (χ1) is 15.8. The Kier molecular flexibility index (Phi) is 11.2. The van der Waals surface area contributed by atoms with Gasteiger partial charge in [-0.25, -0.2) is 0 Å². The van der Waals surface area contributed by atoms with Crippen LogP contribution >= 0.6 is 0 Å². The van der Waals surface area contributed by atoms with E-state index in [1.807, 2.05) is 42.3 Å². The van der Waals surface area contributed by atoms with Crippen molar-refractivity contribution in [2.45, 2.75) is 12.8 Å². The van der Waals surface area contributed by atoms with Crippen LogP contribution in [0.2, 0.25) is 0 Å². The minimum atomic E-state index is -0.352. The van der Waals surface area contributed by atoms with Crippen molar-refractivity contribution in [2.24, 2.45) is 0 Å². The number of ketones is 2. The largest absolute Gasteiger partial charge is 1.00 e. The summed E-state index contributed by atoms with van der Waals surface area (Å²) >= 11 is 0. The first-order valence-electron chi connectivity index (χ1n) is 11.3. The Morgan fingerprint density at radius 3 is 1.28 bits per heavy atom. The van der Waals surface area contributed by atoms with Crippen LogP contribution in [0.25, 0.3) is 0 Å². The molecule has 0 saturated carbocycles. The Bertz CT molecular complexity index is 1080. The van der Waals surface area contributed by atoms with E-state index in [2.05, 4.69) is 10.6 Å². The highest BCUT2D eigenvalue weighted by Crippen LogP contribution is 2.35. The number of hydrogen-bond acceptors (Lipinski definition) is 4. The minimum absolute atomic E-state index is 0. The molecule has 0 heterocycles. The summed E-state index contributed by atoms with van der Waals surface area (Å²) in [4.78, 5) is 51.9. The molecule has 8 nitrogen and oxygen atoms in total. The van der Waals surface area contributed by atoms with Gasteiger partial charge in [0.25, 0.3) is 0 Å². The Morgan fingerprint density at radius 2 is 0.972 bits per heavy atom. The summed E-state index contributed by atoms with van der Waals surface area (Å²) in [5.41, 5.74) is 1.46. The first-order valence-corrected chi connectivity index (χ1v) is 11.3. The standard InChI is InChI=1S/C26H32N4O4.2HI/c1-29(2,3)15-13-21(31)27-19-11-7-9-17-23(19)25(33)18-10-8-12-20(24(18)26(17)34)28-22(32)14-16-30(4,5)6;;/h7-12H,13-16H2,1-6H3;2*1H. The molecule has 196 valence electrons. The fraction of sp³-hybridized carbons (Fsp3) is 0.385. The van der Waals surface area contributed by atoms with Crippen LogP contribution < -0.4 is 58.6 Å². The zero-order valence-corrected chi connectivity index (χ0v) is 25.9. The first kappa shape index (κ1) is 32.1. The van der Waals surface area contributed by atoms with Gasteiger partial charge < -0.3 is 67.6 Å². The van der Waals surface area contributed by atoms with E-state index in [0.717, 1.165) is 0 Å². The van der Waals surface area contributed by atoms with E-state index < -0.39 is 0 Å². The van der Waals surface area contributed by atoms with E-state index in [4.69, 9.17) is 0 Å². The topological polar surface area (TPSA) is 92.3 Å². The molecule has 10 heteroatoms. The summed E-state index contributed by atoms with van der Waals surface area (Å²) in [7, 11) is 12.0. The molecule has 0 spiro atoms. The lowest BCUT2D eigenvalue weighted by Gasteiger charge is -2.25. The van der Waals surface area contributed by atoms with E-state index in [0.29, 0.717) is 33.4 Å². The summed E-state index contributed by atoms with van der Waals surface area (Å²) in [6.45, 7) is 1.27. The van der Waals surface area contributed by atoms with Crippen LogP contribution in [0.1, 0.15) is 44.7 Å². The summed E-state index contributed by atoms with van der Waals surface area (Å²) in [6, 6.07) is 9.72. The molecular formula is C26H34I2N4O4. The van der Waals surface area contributed by atoms with Crippen molar-refractivity contribution in [2.75, 3.05) is 66.0 Å². The lowest BCUT2D eigenvalue weighted by Crippen LogP contribution is -3.00. The number of anilines is 2. The number of rotatable bonds is 8. The van der Waals surface area contributed by atoms with E-state index in [1.54, 1.807) is 36.4 Å². The quantitative estimate of drug-likeness (QED) is 0.187. The monoisotopic (exact) mass is 720 g/mol. The maximum atomic E-state index is 13.4. The molecule has 36 heavy (non-hydrogen) atoms. The van der Waals surface area contributed by atoms with Gasteiger partial charge in [-0.05, 0) is 12.1 Å². The highest BCUT2D eigenvalue weighted by Gasteiger charge is 2.34. The molecule has 0 bridgehead atoms. The van der Waals surface area contributed by atoms with Gasteiger partial charge in [0.2, 0.25) is 11.8 Å². The van der Waals surface area contributed by atoms with Gasteiger partial charge in [-0.3, -0.25) is 19.2 Å². The molecule has 2 aromatic carbocycles. The number of carbonyl (C=O) groups is 4. The number of hydrogen-bond donors (Lipinski definition) is 2. The van der Waals surface area contributed by atoms with Gasteiger partial charge in [-0.2, -0.15) is 0 Å². The maximum Gasteiger partial charge on any atom is 0.230 e. The molecule has 0 aliphatic heterocycles. The van der Waals surface area contributed by atoms with Crippen molar-refractivity contribution in [3.63, 3.8) is 0 Å². The summed E-state index contributed by atoms with van der Waals surface area (Å²) in [5, 5.41) is 5.62. The lowest BCUT2D eigenvalue weighted by atomic mass is 9.82. The van der Waals surface area contributed by atoms with Crippen LogP contribution in [-0.4, -0.2) is 87.7 Å². The molecule has 2 N–H and O–H groups in total. The van der Waals surface area contributed by atoms with Crippen molar-refractivity contribution in [3.8, 4) is 0 Å². The molecule has 0 fully saturated rings. The maximum absolute atomic E-state index is 13.4. The molecule has 0 saturated heterocycles. The normalized spacial score (nSPS) is 12.5. The van der Waals surface area contributed by atoms with Crippen molar-refractivity contribution in [1.29, 1.82) is 0 Å². The van der Waals surface area contributed by atoms with Crippen molar-refractivity contribution in [3.05, 3.63) is 58.7 Å². The zero-order valence-electron chi connectivity index (χ0n) is 21.6. The highest BCUT2D eigenvalue weighted by atomic mass is 127. The fourth-order valence-electron chi connectivity index (χ4n) is 3.75. The van der Waals surface area contributed by atoms with E-state index in [-0.39, 0.29) is 106 Å². The molecule has 2 amide bonds. The van der Waals surface area contributed by atoms with Gasteiger partial charge in [0.05, 0.1) is 90.7 Å². The molecule has 0 radical (unpaired) electrons. The van der Waals surface area contributed by atoms with Gasteiger partial charge in [-0.15, -0.1) is 0 Å². The lowest BCUT2D eigenvalue weighted by molar-refractivity contribution is -0.869. The average Bonchev–Trinajstić information content (AvgIpc) is 2.73. The van der Waals surface area contributed by atoms with E-state index >= 15 is 0 Å². The fourth-order valence-corrected chi connectivity index (χ4v) is 3.75. The molecule has 1 aliphatic rings. The molecule has 0 unspecified atom stereocenters. The predicted octanol–water partition coefficient (Wildman–Crippen LogP) is -3.46. The van der Waals surface area contributed by atoms with Gasteiger partial charge in [0.1, 0.15) is 0 Å². The third kappa shape index (κ3) is 8.05. The van der Waals surface area contributed by atoms with Gasteiger partial charge in [-0.1, -0.05) is 24.3 Å². The second kappa shape index (κ2) is 12.6. The second-order valence-electron chi connectivity index (χ2n) is 10.7. The molecule has 0 aromatic heterocycles. The van der Waals surface area contributed by atoms with Gasteiger partial charge in [0.15, 0.2) is 11.6 Å². The number of carbonyl (C=O) groups excluding carboxylic acids is 4. The summed E-state index contributed by atoms with van der Waals surface area (Å²) in [5.74, 6) is -1.14. The zero-order chi connectivity index (χ0) is 25.3. The Balaban J connectivity index is 0.00000324. The van der Waals surface area contributed by atoms with Crippen molar-refractivity contribution >= 4 is 34.8 Å². The third-order valence-corrected chi connectivity index (χ3v) is 5.64. The number of halogens is 2. The van der Waals surface area contributed by atoms with Crippen molar-refractivity contribution in [1.82, 2.24) is 0 Å². The number of benzene rings is 2. The van der Waals surface area contributed by atoms with E-state index in [1.165, 1.54) is 0 Å². The Morgan fingerprint density at radius 1 is 0.639 bits per heavy atom. The van der Waals surface area contributed by atoms with Crippen LogP contribution in [0.5, 0.6) is 0 Å². The number of fused-ring (bicyclic) bond motifs is 2. The summed E-state index contributed by atoms with van der Waals surface area (Å²) < 4.78 is 1.27. The highest BCUT2D eigenvalue weighted by molar-refractivity contribution is 6.32. The van der Waals surface area contributed by atoms with Crippen LogP contribution in [-0.2, 0) is 9.59 Å². The Labute approximate surface area is 247 Å². The van der Waals surface area contributed by atoms with E-state index in [9.17, 15) is 19.2 Å². The number of amides is 2. The average molecular weight is 720 g/mol. The minimum Gasteiger partial charge on any atom is -1.00 e.